The Bertz CT molecular complexity index is 906. The summed E-state index contributed by atoms with van der Waals surface area (Å²) in [5.74, 6) is -0.179. The number of benzene rings is 2. The van der Waals surface area contributed by atoms with Gasteiger partial charge < -0.3 is 5.32 Å². The van der Waals surface area contributed by atoms with Gasteiger partial charge in [-0.1, -0.05) is 45.2 Å². The molecule has 1 aliphatic heterocycles. The zero-order chi connectivity index (χ0) is 18.0. The number of sulfonamides is 1. The molecule has 5 nitrogen and oxygen atoms in total. The van der Waals surface area contributed by atoms with Crippen molar-refractivity contribution in [3.63, 3.8) is 0 Å². The summed E-state index contributed by atoms with van der Waals surface area (Å²) in [7, 11) is -3.59. The smallest absolute Gasteiger partial charge is 0.256 e. The van der Waals surface area contributed by atoms with E-state index in [1.165, 1.54) is 4.31 Å². The second-order valence-electron chi connectivity index (χ2n) is 6.35. The molecule has 1 N–H and O–H groups in total. The van der Waals surface area contributed by atoms with Crippen LogP contribution in [0.3, 0.4) is 0 Å². The highest BCUT2D eigenvalue weighted by molar-refractivity contribution is 7.89. The van der Waals surface area contributed by atoms with E-state index in [1.807, 2.05) is 6.92 Å². The van der Waals surface area contributed by atoms with Crippen LogP contribution in [0.1, 0.15) is 49.9 Å². The van der Waals surface area contributed by atoms with E-state index in [0.717, 1.165) is 25.7 Å². The third kappa shape index (κ3) is 3.16. The first-order chi connectivity index (χ1) is 12.0. The summed E-state index contributed by atoms with van der Waals surface area (Å²) in [4.78, 5) is 12.3. The molecule has 1 aliphatic rings. The average molecular weight is 360 g/mol. The lowest BCUT2D eigenvalue weighted by atomic mass is 10.1. The fourth-order valence-electron chi connectivity index (χ4n) is 3.39. The minimum absolute atomic E-state index is 0.179. The standard InChI is InChI=1S/C19H24N2O3S/c1-3-5-6-7-13-21(4-2)25(23,24)17-12-11-16-18-14(17)9-8-10-15(18)19(22)20-16/h8-12H,3-7,13H2,1-2H3,(H,20,22). The molecule has 2 aromatic rings. The van der Waals surface area contributed by atoms with Crippen LogP contribution in [0.5, 0.6) is 0 Å². The van der Waals surface area contributed by atoms with E-state index >= 15 is 0 Å². The lowest BCUT2D eigenvalue weighted by molar-refractivity contribution is 0.103. The average Bonchev–Trinajstić information content (AvgIpc) is 2.93. The first-order valence-corrected chi connectivity index (χ1v) is 10.3. The minimum atomic E-state index is -3.59. The molecule has 134 valence electrons. The fourth-order valence-corrected chi connectivity index (χ4v) is 5.07. The van der Waals surface area contributed by atoms with E-state index in [4.69, 9.17) is 0 Å². The number of carbonyl (C=O) groups excluding carboxylic acids is 1. The molecule has 0 saturated carbocycles. The summed E-state index contributed by atoms with van der Waals surface area (Å²) in [6, 6.07) is 8.54. The number of carbonyl (C=O) groups is 1. The normalized spacial score (nSPS) is 13.6. The SMILES string of the molecule is CCCCCCN(CC)S(=O)(=O)c1ccc2c3c(cccc13)C(=O)N2. The molecular formula is C19H24N2O3S. The Morgan fingerprint density at radius 2 is 1.84 bits per heavy atom. The summed E-state index contributed by atoms with van der Waals surface area (Å²) in [6.45, 7) is 4.96. The number of nitrogens with zero attached hydrogens (tertiary/aromatic N) is 1. The molecule has 3 rings (SSSR count). The maximum absolute atomic E-state index is 13.2. The van der Waals surface area contributed by atoms with E-state index < -0.39 is 10.0 Å². The first kappa shape index (κ1) is 17.9. The van der Waals surface area contributed by atoms with Crippen LogP contribution in [-0.2, 0) is 10.0 Å². The summed E-state index contributed by atoms with van der Waals surface area (Å²) in [6.07, 6.45) is 4.13. The van der Waals surface area contributed by atoms with Crippen molar-refractivity contribution in [2.75, 3.05) is 18.4 Å². The molecule has 2 aromatic carbocycles. The third-order valence-corrected chi connectivity index (χ3v) is 6.76. The number of nitrogens with one attached hydrogen (secondary N) is 1. The molecule has 1 amide bonds. The molecule has 0 aliphatic carbocycles. The van der Waals surface area contributed by atoms with E-state index in [-0.39, 0.29) is 10.8 Å². The zero-order valence-corrected chi connectivity index (χ0v) is 15.5. The van der Waals surface area contributed by atoms with Gasteiger partial charge in [0.25, 0.3) is 5.91 Å². The van der Waals surface area contributed by atoms with Crippen LogP contribution >= 0.6 is 0 Å². The number of unbranched alkanes of at least 4 members (excludes halogenated alkanes) is 3. The second-order valence-corrected chi connectivity index (χ2v) is 8.26. The second kappa shape index (κ2) is 7.14. The summed E-state index contributed by atoms with van der Waals surface area (Å²) < 4.78 is 27.9. The topological polar surface area (TPSA) is 66.5 Å². The number of hydrogen-bond acceptors (Lipinski definition) is 3. The number of anilines is 1. The van der Waals surface area contributed by atoms with Gasteiger partial charge in [-0.25, -0.2) is 8.42 Å². The van der Waals surface area contributed by atoms with Crippen molar-refractivity contribution in [1.29, 1.82) is 0 Å². The van der Waals surface area contributed by atoms with Crippen LogP contribution in [0, 0.1) is 0 Å². The van der Waals surface area contributed by atoms with Gasteiger partial charge in [0, 0.05) is 35.1 Å². The molecule has 0 atom stereocenters. The van der Waals surface area contributed by atoms with Gasteiger partial charge >= 0.3 is 0 Å². The summed E-state index contributed by atoms with van der Waals surface area (Å²) in [5, 5.41) is 4.11. The maximum Gasteiger partial charge on any atom is 0.256 e. The van der Waals surface area contributed by atoms with Crippen molar-refractivity contribution in [2.24, 2.45) is 0 Å². The highest BCUT2D eigenvalue weighted by Crippen LogP contribution is 2.37. The van der Waals surface area contributed by atoms with Crippen LogP contribution in [0.2, 0.25) is 0 Å². The van der Waals surface area contributed by atoms with Crippen LogP contribution in [0.25, 0.3) is 10.8 Å². The summed E-state index contributed by atoms with van der Waals surface area (Å²) in [5.41, 5.74) is 1.22. The minimum Gasteiger partial charge on any atom is -0.321 e. The molecule has 25 heavy (non-hydrogen) atoms. The highest BCUT2D eigenvalue weighted by Gasteiger charge is 2.29. The van der Waals surface area contributed by atoms with E-state index in [9.17, 15) is 13.2 Å². The van der Waals surface area contributed by atoms with E-state index in [0.29, 0.717) is 35.1 Å². The molecule has 0 fully saturated rings. The van der Waals surface area contributed by atoms with Crippen LogP contribution in [0.15, 0.2) is 35.2 Å². The molecule has 6 heteroatoms. The van der Waals surface area contributed by atoms with Crippen molar-refractivity contribution < 1.29 is 13.2 Å². The Labute approximate surface area is 149 Å². The summed E-state index contributed by atoms with van der Waals surface area (Å²) >= 11 is 0. The van der Waals surface area contributed by atoms with Crippen molar-refractivity contribution in [3.05, 3.63) is 35.9 Å². The quantitative estimate of drug-likeness (QED) is 0.724. The Balaban J connectivity index is 2.00. The molecule has 0 radical (unpaired) electrons. The van der Waals surface area contributed by atoms with Crippen LogP contribution in [-0.4, -0.2) is 31.7 Å². The Morgan fingerprint density at radius 1 is 1.04 bits per heavy atom. The van der Waals surface area contributed by atoms with Gasteiger partial charge in [-0.3, -0.25) is 4.79 Å². The van der Waals surface area contributed by atoms with E-state index in [1.54, 1.807) is 30.3 Å². The van der Waals surface area contributed by atoms with Crippen molar-refractivity contribution in [2.45, 2.75) is 44.4 Å². The Hall–Kier alpha value is -1.92. The van der Waals surface area contributed by atoms with Crippen LogP contribution < -0.4 is 5.32 Å². The Morgan fingerprint density at radius 3 is 2.56 bits per heavy atom. The van der Waals surface area contributed by atoms with E-state index in [2.05, 4.69) is 12.2 Å². The van der Waals surface area contributed by atoms with Gasteiger partial charge in [-0.2, -0.15) is 4.31 Å². The molecule has 0 aromatic heterocycles. The molecule has 0 bridgehead atoms. The first-order valence-electron chi connectivity index (χ1n) is 8.88. The predicted octanol–water partition coefficient (Wildman–Crippen LogP) is 4.00. The van der Waals surface area contributed by atoms with Gasteiger partial charge in [0.1, 0.15) is 0 Å². The number of rotatable bonds is 8. The number of hydrogen-bond donors (Lipinski definition) is 1. The van der Waals surface area contributed by atoms with Crippen molar-refractivity contribution in [1.82, 2.24) is 4.31 Å². The van der Waals surface area contributed by atoms with Gasteiger partial charge in [0.15, 0.2) is 0 Å². The van der Waals surface area contributed by atoms with Gasteiger partial charge in [-0.15, -0.1) is 0 Å². The third-order valence-electron chi connectivity index (χ3n) is 4.73. The molecule has 0 unspecified atom stereocenters. The van der Waals surface area contributed by atoms with Crippen molar-refractivity contribution >= 4 is 32.4 Å². The molecule has 0 saturated heterocycles. The van der Waals surface area contributed by atoms with Crippen molar-refractivity contribution in [3.8, 4) is 0 Å². The van der Waals surface area contributed by atoms with Gasteiger partial charge in [0.05, 0.1) is 4.90 Å². The monoisotopic (exact) mass is 360 g/mol. The highest BCUT2D eigenvalue weighted by atomic mass is 32.2. The zero-order valence-electron chi connectivity index (χ0n) is 14.7. The maximum atomic E-state index is 13.2. The molecular weight excluding hydrogens is 336 g/mol. The van der Waals surface area contributed by atoms with Gasteiger partial charge in [0.2, 0.25) is 10.0 Å². The Kier molecular flexibility index (Phi) is 5.11. The van der Waals surface area contributed by atoms with Crippen LogP contribution in [0.4, 0.5) is 5.69 Å². The van der Waals surface area contributed by atoms with Gasteiger partial charge in [-0.05, 0) is 24.6 Å². The lowest BCUT2D eigenvalue weighted by Crippen LogP contribution is -2.32. The fraction of sp³-hybridized carbons (Fsp3) is 0.421. The number of amides is 1. The largest absolute Gasteiger partial charge is 0.321 e. The molecule has 1 heterocycles. The lowest BCUT2D eigenvalue weighted by Gasteiger charge is -2.21. The molecule has 0 spiro atoms. The predicted molar refractivity (Wildman–Crippen MR) is 100 cm³/mol.